The monoisotopic (exact) mass is 500 g/mol. The molecule has 6 rings (SSSR count). The molecule has 5 aliphatic rings. The van der Waals surface area contributed by atoms with E-state index in [0.717, 1.165) is 5.56 Å². The van der Waals surface area contributed by atoms with Gasteiger partial charge in [0.15, 0.2) is 6.10 Å². The summed E-state index contributed by atoms with van der Waals surface area (Å²) >= 11 is 0. The predicted molar refractivity (Wildman–Crippen MR) is 125 cm³/mol. The van der Waals surface area contributed by atoms with E-state index < -0.39 is 63.6 Å². The van der Waals surface area contributed by atoms with E-state index in [0.29, 0.717) is 19.3 Å². The molecule has 5 fully saturated rings. The number of hydrogen-bond donors (Lipinski definition) is 1. The van der Waals surface area contributed by atoms with Crippen LogP contribution in [0.25, 0.3) is 0 Å². The van der Waals surface area contributed by atoms with Gasteiger partial charge in [0.1, 0.15) is 23.6 Å². The van der Waals surface area contributed by atoms with E-state index in [1.165, 1.54) is 6.92 Å². The standard InChI is InChI=1S/C28H36O8/c1-14(29)34-20-11-17-24(2,3)18(30)12-19(31)26(17,5)16-7-9-25(4)21(15-8-10-33-13-15)35-23(32)22-28(25,36-22)27(16,20)6/h8,10,13,16-17,19-22,31H,7,9,11-12H2,1-6H3/t16-,17+,19+,20-,21+,22-,25+,26-,27+,28-/m1/s1. The van der Waals surface area contributed by atoms with E-state index >= 15 is 0 Å². The normalized spacial score (nSPS) is 50.6. The first-order chi connectivity index (χ1) is 16.8. The Bertz CT molecular complexity index is 1140. The zero-order valence-corrected chi connectivity index (χ0v) is 21.8. The van der Waals surface area contributed by atoms with Crippen molar-refractivity contribution in [2.45, 2.75) is 97.2 Å². The number of furan rings is 1. The van der Waals surface area contributed by atoms with Crippen molar-refractivity contribution in [3.63, 3.8) is 0 Å². The number of carbonyl (C=O) groups excluding carboxylic acids is 3. The van der Waals surface area contributed by atoms with Gasteiger partial charge >= 0.3 is 11.9 Å². The summed E-state index contributed by atoms with van der Waals surface area (Å²) in [6.45, 7) is 11.6. The van der Waals surface area contributed by atoms with Gasteiger partial charge < -0.3 is 23.7 Å². The maximum atomic E-state index is 13.3. The number of hydrogen-bond acceptors (Lipinski definition) is 8. The molecule has 0 bridgehead atoms. The van der Waals surface area contributed by atoms with E-state index in [-0.39, 0.29) is 24.0 Å². The van der Waals surface area contributed by atoms with Crippen LogP contribution in [0.15, 0.2) is 23.0 Å². The Labute approximate surface area is 211 Å². The first-order valence-electron chi connectivity index (χ1n) is 13.0. The maximum absolute atomic E-state index is 13.3. The Morgan fingerprint density at radius 1 is 1.11 bits per heavy atom. The number of ketones is 1. The molecular formula is C28H36O8. The molecule has 3 saturated carbocycles. The first kappa shape index (κ1) is 24.2. The molecule has 2 saturated heterocycles. The lowest BCUT2D eigenvalue weighted by Gasteiger charge is -2.70. The van der Waals surface area contributed by atoms with Crippen molar-refractivity contribution in [2.24, 2.45) is 33.5 Å². The van der Waals surface area contributed by atoms with Crippen LogP contribution in [0.2, 0.25) is 0 Å². The van der Waals surface area contributed by atoms with E-state index in [4.69, 9.17) is 18.6 Å². The fraction of sp³-hybridized carbons (Fsp3) is 0.750. The van der Waals surface area contributed by atoms with Crippen molar-refractivity contribution in [1.82, 2.24) is 0 Å². The molecule has 0 unspecified atom stereocenters. The summed E-state index contributed by atoms with van der Waals surface area (Å²) < 4.78 is 23.9. The predicted octanol–water partition coefficient (Wildman–Crippen LogP) is 3.76. The van der Waals surface area contributed by atoms with Crippen LogP contribution in [0.3, 0.4) is 0 Å². The van der Waals surface area contributed by atoms with Gasteiger partial charge in [0.25, 0.3) is 0 Å². The first-order valence-corrected chi connectivity index (χ1v) is 13.0. The zero-order valence-electron chi connectivity index (χ0n) is 21.8. The van der Waals surface area contributed by atoms with Crippen LogP contribution in [-0.2, 0) is 28.6 Å². The molecular weight excluding hydrogens is 464 g/mol. The Balaban J connectivity index is 1.55. The van der Waals surface area contributed by atoms with Crippen LogP contribution in [0.1, 0.15) is 78.9 Å². The van der Waals surface area contributed by atoms with Crippen molar-refractivity contribution in [1.29, 1.82) is 0 Å². The Hall–Kier alpha value is -2.19. The molecule has 1 aromatic rings. The molecule has 8 nitrogen and oxygen atoms in total. The van der Waals surface area contributed by atoms with Crippen LogP contribution >= 0.6 is 0 Å². The third-order valence-electron chi connectivity index (χ3n) is 11.4. The van der Waals surface area contributed by atoms with E-state index in [1.54, 1.807) is 12.5 Å². The lowest BCUT2D eigenvalue weighted by atomic mass is 9.34. The molecule has 10 atom stereocenters. The number of aliphatic hydroxyl groups excluding tert-OH is 1. The van der Waals surface area contributed by atoms with Crippen LogP contribution in [0, 0.1) is 33.5 Å². The van der Waals surface area contributed by atoms with Crippen molar-refractivity contribution < 1.29 is 38.1 Å². The summed E-state index contributed by atoms with van der Waals surface area (Å²) in [5.74, 6) is -1.14. The van der Waals surface area contributed by atoms with Crippen molar-refractivity contribution >= 4 is 17.7 Å². The van der Waals surface area contributed by atoms with Crippen LogP contribution in [-0.4, -0.2) is 46.7 Å². The smallest absolute Gasteiger partial charge is 0.339 e. The summed E-state index contributed by atoms with van der Waals surface area (Å²) in [7, 11) is 0. The van der Waals surface area contributed by atoms with Crippen molar-refractivity contribution in [3.8, 4) is 0 Å². The second-order valence-electron chi connectivity index (χ2n) is 13.0. The van der Waals surface area contributed by atoms with Gasteiger partial charge in [-0.15, -0.1) is 0 Å². The number of fused-ring (bicyclic) bond motifs is 3. The van der Waals surface area contributed by atoms with Gasteiger partial charge in [0.2, 0.25) is 0 Å². The lowest BCUT2D eigenvalue weighted by Crippen LogP contribution is -2.75. The van der Waals surface area contributed by atoms with Crippen molar-refractivity contribution in [3.05, 3.63) is 24.2 Å². The highest BCUT2D eigenvalue weighted by molar-refractivity contribution is 5.86. The average Bonchev–Trinajstić information content (AvgIpc) is 3.36. The molecule has 1 spiro atoms. The van der Waals surface area contributed by atoms with Crippen LogP contribution < -0.4 is 0 Å². The minimum absolute atomic E-state index is 0.0308. The van der Waals surface area contributed by atoms with Crippen LogP contribution in [0.4, 0.5) is 0 Å². The second kappa shape index (κ2) is 7.01. The zero-order chi connectivity index (χ0) is 26.1. The number of Topliss-reactive ketones (excluding diaryl/α,β-unsaturated/α-hetero) is 1. The Morgan fingerprint density at radius 3 is 2.47 bits per heavy atom. The highest BCUT2D eigenvalue weighted by Gasteiger charge is 2.89. The van der Waals surface area contributed by atoms with Gasteiger partial charge in [0.05, 0.1) is 18.6 Å². The molecule has 3 aliphatic carbocycles. The minimum Gasteiger partial charge on any atom is -0.472 e. The largest absolute Gasteiger partial charge is 0.472 e. The van der Waals surface area contributed by atoms with E-state index in [1.807, 2.05) is 19.9 Å². The lowest BCUT2D eigenvalue weighted by molar-refractivity contribution is -0.279. The van der Waals surface area contributed by atoms with Crippen molar-refractivity contribution in [2.75, 3.05) is 0 Å². The number of aliphatic hydroxyl groups is 1. The summed E-state index contributed by atoms with van der Waals surface area (Å²) in [5.41, 5.74) is -2.87. The molecule has 0 aromatic carbocycles. The Kier molecular flexibility index (Phi) is 4.71. The molecule has 36 heavy (non-hydrogen) atoms. The number of epoxide rings is 1. The van der Waals surface area contributed by atoms with Gasteiger partial charge in [-0.3, -0.25) is 9.59 Å². The van der Waals surface area contributed by atoms with Gasteiger partial charge in [-0.05, 0) is 37.2 Å². The van der Waals surface area contributed by atoms with Gasteiger partial charge in [0, 0.05) is 40.6 Å². The SMILES string of the molecule is CC(=O)O[C@@H]1C[C@H]2C(C)(C)C(=O)C[C@H](O)[C@]2(C)[C@H]2CC[C@@]3(C)[C@H](c4ccoc4)OC(=O)[C@H]4O[C@]43[C@@]21C. The van der Waals surface area contributed by atoms with E-state index in [9.17, 15) is 19.5 Å². The number of esters is 2. The molecule has 1 N–H and O–H groups in total. The molecule has 8 heteroatoms. The number of rotatable bonds is 2. The molecule has 1 aromatic heterocycles. The third-order valence-corrected chi connectivity index (χ3v) is 11.4. The minimum atomic E-state index is -0.945. The van der Waals surface area contributed by atoms with Gasteiger partial charge in [-0.25, -0.2) is 4.79 Å². The number of carbonyl (C=O) groups is 3. The fourth-order valence-corrected chi connectivity index (χ4v) is 9.64. The summed E-state index contributed by atoms with van der Waals surface area (Å²) in [6, 6.07) is 1.81. The molecule has 3 heterocycles. The van der Waals surface area contributed by atoms with Gasteiger partial charge in [-0.2, -0.15) is 0 Å². The fourth-order valence-electron chi connectivity index (χ4n) is 9.64. The number of cyclic esters (lactones) is 1. The molecule has 196 valence electrons. The quantitative estimate of drug-likeness (QED) is 0.482. The molecule has 2 aliphatic heterocycles. The van der Waals surface area contributed by atoms with Gasteiger partial charge in [-0.1, -0.05) is 34.6 Å². The molecule has 0 radical (unpaired) electrons. The summed E-state index contributed by atoms with van der Waals surface area (Å²) in [6.07, 6.45) is 2.32. The summed E-state index contributed by atoms with van der Waals surface area (Å²) in [5, 5.41) is 11.5. The average molecular weight is 501 g/mol. The summed E-state index contributed by atoms with van der Waals surface area (Å²) in [4.78, 5) is 38.8. The highest BCUT2D eigenvalue weighted by Crippen LogP contribution is 2.80. The topological polar surface area (TPSA) is 116 Å². The molecule has 0 amide bonds. The second-order valence-corrected chi connectivity index (χ2v) is 13.0. The maximum Gasteiger partial charge on any atom is 0.339 e. The highest BCUT2D eigenvalue weighted by atomic mass is 16.7. The Morgan fingerprint density at radius 2 is 1.83 bits per heavy atom. The van der Waals surface area contributed by atoms with Crippen LogP contribution in [0.5, 0.6) is 0 Å². The third kappa shape index (κ3) is 2.50. The number of ether oxygens (including phenoxy) is 3. The van der Waals surface area contributed by atoms with E-state index in [2.05, 4.69) is 20.8 Å².